The van der Waals surface area contributed by atoms with E-state index in [0.29, 0.717) is 11.5 Å². The Balaban J connectivity index is 1.78. The average molecular weight is 276 g/mol. The molecule has 0 fully saturated rings. The van der Waals surface area contributed by atoms with E-state index >= 15 is 0 Å². The number of halogens is 1. The highest BCUT2D eigenvalue weighted by molar-refractivity contribution is 7.07. The standard InChI is InChI=1S/C13H13FN4S/c1-18-11-4-2-3-10(14)12(11)17-13(18)15-6-5-9-7-19-8-16-9/h2-4,7-8H,5-6H2,1H3,(H,15,17). The van der Waals surface area contributed by atoms with Crippen molar-refractivity contribution in [1.29, 1.82) is 0 Å². The highest BCUT2D eigenvalue weighted by Crippen LogP contribution is 2.20. The second kappa shape index (κ2) is 4.97. The number of aromatic nitrogens is 3. The van der Waals surface area contributed by atoms with Gasteiger partial charge in [-0.15, -0.1) is 11.3 Å². The first-order chi connectivity index (χ1) is 9.25. The molecule has 19 heavy (non-hydrogen) atoms. The quantitative estimate of drug-likeness (QED) is 0.797. The van der Waals surface area contributed by atoms with Crippen molar-refractivity contribution >= 4 is 28.3 Å². The Kier molecular flexibility index (Phi) is 3.16. The molecule has 6 heteroatoms. The number of imidazole rings is 1. The van der Waals surface area contributed by atoms with Gasteiger partial charge in [-0.2, -0.15) is 0 Å². The van der Waals surface area contributed by atoms with E-state index < -0.39 is 0 Å². The summed E-state index contributed by atoms with van der Waals surface area (Å²) in [6, 6.07) is 4.98. The monoisotopic (exact) mass is 276 g/mol. The van der Waals surface area contributed by atoms with Crippen molar-refractivity contribution in [2.24, 2.45) is 7.05 Å². The fraction of sp³-hybridized carbons (Fsp3) is 0.231. The van der Waals surface area contributed by atoms with E-state index in [9.17, 15) is 4.39 Å². The van der Waals surface area contributed by atoms with Gasteiger partial charge in [-0.25, -0.2) is 14.4 Å². The van der Waals surface area contributed by atoms with E-state index in [-0.39, 0.29) is 5.82 Å². The molecule has 0 saturated carbocycles. The zero-order chi connectivity index (χ0) is 13.2. The summed E-state index contributed by atoms with van der Waals surface area (Å²) in [4.78, 5) is 8.51. The van der Waals surface area contributed by atoms with E-state index in [4.69, 9.17) is 0 Å². The Morgan fingerprint density at radius 3 is 3.05 bits per heavy atom. The number of nitrogens with one attached hydrogen (secondary N) is 1. The fourth-order valence-electron chi connectivity index (χ4n) is 2.00. The highest BCUT2D eigenvalue weighted by Gasteiger charge is 2.10. The smallest absolute Gasteiger partial charge is 0.203 e. The van der Waals surface area contributed by atoms with Gasteiger partial charge in [0.1, 0.15) is 5.52 Å². The van der Waals surface area contributed by atoms with Crippen molar-refractivity contribution in [3.8, 4) is 0 Å². The summed E-state index contributed by atoms with van der Waals surface area (Å²) in [7, 11) is 1.87. The Morgan fingerprint density at radius 2 is 2.32 bits per heavy atom. The zero-order valence-corrected chi connectivity index (χ0v) is 11.2. The van der Waals surface area contributed by atoms with Crippen LogP contribution in [0.1, 0.15) is 5.69 Å². The first kappa shape index (κ1) is 12.1. The van der Waals surface area contributed by atoms with Gasteiger partial charge in [-0.05, 0) is 12.1 Å². The Hall–Kier alpha value is -1.95. The summed E-state index contributed by atoms with van der Waals surface area (Å²) in [6.07, 6.45) is 0.829. The number of rotatable bonds is 4. The van der Waals surface area contributed by atoms with E-state index in [0.717, 1.165) is 24.2 Å². The number of benzene rings is 1. The van der Waals surface area contributed by atoms with Crippen molar-refractivity contribution < 1.29 is 4.39 Å². The molecule has 3 aromatic rings. The molecule has 0 amide bonds. The summed E-state index contributed by atoms with van der Waals surface area (Å²) < 4.78 is 15.5. The summed E-state index contributed by atoms with van der Waals surface area (Å²) in [5, 5.41) is 5.24. The summed E-state index contributed by atoms with van der Waals surface area (Å²) >= 11 is 1.59. The van der Waals surface area contributed by atoms with Crippen molar-refractivity contribution in [3.05, 3.63) is 40.6 Å². The minimum absolute atomic E-state index is 0.291. The van der Waals surface area contributed by atoms with Crippen LogP contribution in [0.15, 0.2) is 29.1 Å². The number of anilines is 1. The van der Waals surface area contributed by atoms with Crippen LogP contribution in [0, 0.1) is 5.82 Å². The van der Waals surface area contributed by atoms with Gasteiger partial charge < -0.3 is 9.88 Å². The van der Waals surface area contributed by atoms with Crippen LogP contribution in [0.2, 0.25) is 0 Å². The second-order valence-electron chi connectivity index (χ2n) is 4.26. The van der Waals surface area contributed by atoms with Crippen LogP contribution >= 0.6 is 11.3 Å². The molecule has 0 aliphatic heterocycles. The number of nitrogens with zero attached hydrogens (tertiary/aromatic N) is 3. The van der Waals surface area contributed by atoms with Gasteiger partial charge in [-0.3, -0.25) is 0 Å². The maximum Gasteiger partial charge on any atom is 0.203 e. The average Bonchev–Trinajstić information content (AvgIpc) is 3.01. The van der Waals surface area contributed by atoms with Gasteiger partial charge in [-0.1, -0.05) is 6.07 Å². The van der Waals surface area contributed by atoms with Gasteiger partial charge in [0, 0.05) is 25.4 Å². The minimum Gasteiger partial charge on any atom is -0.355 e. The van der Waals surface area contributed by atoms with Gasteiger partial charge >= 0.3 is 0 Å². The molecule has 3 rings (SSSR count). The third-order valence-electron chi connectivity index (χ3n) is 3.01. The molecule has 1 N–H and O–H groups in total. The maximum atomic E-state index is 13.6. The van der Waals surface area contributed by atoms with Crippen LogP contribution < -0.4 is 5.32 Å². The predicted molar refractivity (Wildman–Crippen MR) is 75.0 cm³/mol. The SMILES string of the molecule is Cn1c(NCCc2cscn2)nc2c(F)cccc21. The zero-order valence-electron chi connectivity index (χ0n) is 10.4. The van der Waals surface area contributed by atoms with Crippen LogP contribution in [-0.2, 0) is 13.5 Å². The van der Waals surface area contributed by atoms with Crippen LogP contribution in [0.4, 0.5) is 10.3 Å². The van der Waals surface area contributed by atoms with Crippen molar-refractivity contribution in [3.63, 3.8) is 0 Å². The molecule has 0 spiro atoms. The van der Waals surface area contributed by atoms with E-state index in [1.54, 1.807) is 17.4 Å². The van der Waals surface area contributed by atoms with Gasteiger partial charge in [0.05, 0.1) is 16.7 Å². The molecule has 0 saturated heterocycles. The third kappa shape index (κ3) is 2.31. The Bertz CT molecular complexity index is 690. The summed E-state index contributed by atoms with van der Waals surface area (Å²) in [5.74, 6) is 0.385. The molecule has 0 unspecified atom stereocenters. The van der Waals surface area contributed by atoms with Gasteiger partial charge in [0.2, 0.25) is 5.95 Å². The van der Waals surface area contributed by atoms with Gasteiger partial charge in [0.15, 0.2) is 5.82 Å². The highest BCUT2D eigenvalue weighted by atomic mass is 32.1. The molecular weight excluding hydrogens is 263 g/mol. The molecule has 2 aromatic heterocycles. The molecule has 0 aliphatic rings. The lowest BCUT2D eigenvalue weighted by Crippen LogP contribution is -2.09. The second-order valence-corrected chi connectivity index (χ2v) is 4.98. The number of hydrogen-bond donors (Lipinski definition) is 1. The van der Waals surface area contributed by atoms with E-state index in [1.807, 2.05) is 28.6 Å². The Labute approximate surface area is 113 Å². The first-order valence-corrected chi connectivity index (χ1v) is 6.92. The predicted octanol–water partition coefficient (Wildman–Crippen LogP) is 2.82. The fourth-order valence-corrected chi connectivity index (χ4v) is 2.59. The number of hydrogen-bond acceptors (Lipinski definition) is 4. The summed E-state index contributed by atoms with van der Waals surface area (Å²) in [6.45, 7) is 0.725. The Morgan fingerprint density at radius 1 is 1.42 bits per heavy atom. The molecular formula is C13H13FN4S. The molecule has 98 valence electrons. The van der Waals surface area contributed by atoms with Crippen molar-refractivity contribution in [2.75, 3.05) is 11.9 Å². The molecule has 0 aliphatic carbocycles. The molecule has 0 bridgehead atoms. The lowest BCUT2D eigenvalue weighted by Gasteiger charge is -2.04. The maximum absolute atomic E-state index is 13.6. The normalized spacial score (nSPS) is 11.1. The van der Waals surface area contributed by atoms with E-state index in [2.05, 4.69) is 15.3 Å². The number of thiazole rings is 1. The number of aryl methyl sites for hydroxylation is 1. The van der Waals surface area contributed by atoms with Crippen LogP contribution in [-0.4, -0.2) is 21.1 Å². The van der Waals surface area contributed by atoms with Crippen molar-refractivity contribution in [2.45, 2.75) is 6.42 Å². The third-order valence-corrected chi connectivity index (χ3v) is 3.65. The van der Waals surface area contributed by atoms with Crippen LogP contribution in [0.3, 0.4) is 0 Å². The largest absolute Gasteiger partial charge is 0.355 e. The lowest BCUT2D eigenvalue weighted by molar-refractivity contribution is 0.637. The van der Waals surface area contributed by atoms with Crippen molar-refractivity contribution in [1.82, 2.24) is 14.5 Å². The molecule has 0 atom stereocenters. The number of fused-ring (bicyclic) bond motifs is 1. The number of para-hydroxylation sites is 1. The van der Waals surface area contributed by atoms with Crippen LogP contribution in [0.5, 0.6) is 0 Å². The molecule has 1 aromatic carbocycles. The lowest BCUT2D eigenvalue weighted by atomic mass is 10.3. The van der Waals surface area contributed by atoms with E-state index in [1.165, 1.54) is 6.07 Å². The molecule has 4 nitrogen and oxygen atoms in total. The van der Waals surface area contributed by atoms with Gasteiger partial charge in [0.25, 0.3) is 0 Å². The summed E-state index contributed by atoms with van der Waals surface area (Å²) in [5.41, 5.74) is 4.07. The molecule has 0 radical (unpaired) electrons. The minimum atomic E-state index is -0.291. The first-order valence-electron chi connectivity index (χ1n) is 5.97. The molecule has 2 heterocycles. The van der Waals surface area contributed by atoms with Crippen LogP contribution in [0.25, 0.3) is 11.0 Å². The topological polar surface area (TPSA) is 42.7 Å².